The first-order valence-corrected chi connectivity index (χ1v) is 3.98. The second kappa shape index (κ2) is 4.21. The monoisotopic (exact) mass is 195 g/mol. The molecule has 0 saturated heterocycles. The van der Waals surface area contributed by atoms with Crippen molar-refractivity contribution in [3.05, 3.63) is 23.5 Å². The Hall–Kier alpha value is -1.40. The molecule has 0 spiro atoms. The molecule has 0 saturated carbocycles. The van der Waals surface area contributed by atoms with Crippen LogP contribution in [0, 0.1) is 6.92 Å². The summed E-state index contributed by atoms with van der Waals surface area (Å²) in [6.45, 7) is 1.58. The predicted molar refractivity (Wildman–Crippen MR) is 50.1 cm³/mol. The number of methoxy groups -OCH3 is 1. The summed E-state index contributed by atoms with van der Waals surface area (Å²) in [5, 5.41) is 17.8. The van der Waals surface area contributed by atoms with Crippen molar-refractivity contribution in [3.8, 4) is 0 Å². The Morgan fingerprint density at radius 1 is 1.50 bits per heavy atom. The molecule has 0 radical (unpaired) electrons. The molecule has 0 aliphatic carbocycles. The quantitative estimate of drug-likeness (QED) is 0.460. The number of pyridine rings is 1. The highest BCUT2D eigenvalue weighted by Crippen LogP contribution is 1.98. The van der Waals surface area contributed by atoms with Gasteiger partial charge >= 0.3 is 13.1 Å². The molecule has 1 heterocycles. The Balaban J connectivity index is 3.06. The molecule has 5 nitrogen and oxygen atoms in total. The number of esters is 1. The van der Waals surface area contributed by atoms with Crippen molar-refractivity contribution in [2.24, 2.45) is 0 Å². The zero-order valence-electron chi connectivity index (χ0n) is 7.89. The van der Waals surface area contributed by atoms with E-state index in [1.807, 2.05) is 0 Å². The van der Waals surface area contributed by atoms with E-state index < -0.39 is 13.1 Å². The lowest BCUT2D eigenvalue weighted by Crippen LogP contribution is -2.33. The fourth-order valence-corrected chi connectivity index (χ4v) is 1.06. The van der Waals surface area contributed by atoms with Crippen LogP contribution in [0.1, 0.15) is 16.2 Å². The molecule has 0 unspecified atom stereocenters. The van der Waals surface area contributed by atoms with Crippen molar-refractivity contribution in [2.45, 2.75) is 6.92 Å². The molecule has 74 valence electrons. The molecule has 0 atom stereocenters. The highest BCUT2D eigenvalue weighted by atomic mass is 16.5. The van der Waals surface area contributed by atoms with Gasteiger partial charge in [-0.2, -0.15) is 0 Å². The largest absolute Gasteiger partial charge is 0.490 e. The van der Waals surface area contributed by atoms with Crippen LogP contribution in [0.5, 0.6) is 0 Å². The summed E-state index contributed by atoms with van der Waals surface area (Å²) in [5.74, 6) is -0.549. The normalized spacial score (nSPS) is 9.71. The van der Waals surface area contributed by atoms with Gasteiger partial charge in [0.2, 0.25) is 0 Å². The number of hydrogen-bond acceptors (Lipinski definition) is 5. The van der Waals surface area contributed by atoms with Crippen LogP contribution in [-0.2, 0) is 4.74 Å². The number of carbonyl (C=O) groups excluding carboxylic acids is 1. The van der Waals surface area contributed by atoms with Crippen LogP contribution in [0.2, 0.25) is 0 Å². The maximum absolute atomic E-state index is 11.0. The topological polar surface area (TPSA) is 79.7 Å². The van der Waals surface area contributed by atoms with Crippen molar-refractivity contribution in [1.82, 2.24) is 4.98 Å². The third kappa shape index (κ3) is 2.10. The molecule has 6 heteroatoms. The average Bonchev–Trinajstić information content (AvgIpc) is 2.15. The van der Waals surface area contributed by atoms with Crippen molar-refractivity contribution in [3.63, 3.8) is 0 Å². The molecule has 1 aromatic heterocycles. The zero-order chi connectivity index (χ0) is 10.7. The molecule has 14 heavy (non-hydrogen) atoms. The minimum absolute atomic E-state index is 0.148. The Bertz CT molecular complexity index is 353. The Morgan fingerprint density at radius 2 is 2.14 bits per heavy atom. The Morgan fingerprint density at radius 3 is 2.57 bits per heavy atom. The lowest BCUT2D eigenvalue weighted by molar-refractivity contribution is 0.0594. The summed E-state index contributed by atoms with van der Waals surface area (Å²) in [5.41, 5.74) is 0.815. The van der Waals surface area contributed by atoms with E-state index in [0.717, 1.165) is 0 Å². The van der Waals surface area contributed by atoms with Gasteiger partial charge in [-0.1, -0.05) is 6.07 Å². The zero-order valence-corrected chi connectivity index (χ0v) is 7.89. The Kier molecular flexibility index (Phi) is 3.21. The van der Waals surface area contributed by atoms with E-state index in [2.05, 4.69) is 9.72 Å². The maximum Gasteiger partial charge on any atom is 0.490 e. The highest BCUT2D eigenvalue weighted by Gasteiger charge is 2.16. The average molecular weight is 195 g/mol. The molecular formula is C8H10BNO4. The van der Waals surface area contributed by atoms with Crippen LogP contribution in [0.25, 0.3) is 0 Å². The maximum atomic E-state index is 11.0. The molecule has 0 aliphatic rings. The third-order valence-electron chi connectivity index (χ3n) is 1.80. The lowest BCUT2D eigenvalue weighted by Gasteiger charge is -2.05. The number of aryl methyl sites for hydroxylation is 1. The SMILES string of the molecule is COC(=O)c1ccc(B(O)O)c(C)n1. The summed E-state index contributed by atoms with van der Waals surface area (Å²) in [4.78, 5) is 14.9. The van der Waals surface area contributed by atoms with Crippen molar-refractivity contribution < 1.29 is 19.6 Å². The van der Waals surface area contributed by atoms with E-state index in [1.54, 1.807) is 6.92 Å². The van der Waals surface area contributed by atoms with E-state index in [-0.39, 0.29) is 11.2 Å². The Labute approximate surface area is 81.5 Å². The van der Waals surface area contributed by atoms with E-state index in [9.17, 15) is 4.79 Å². The minimum Gasteiger partial charge on any atom is -0.464 e. The van der Waals surface area contributed by atoms with Gasteiger partial charge in [-0.25, -0.2) is 9.78 Å². The molecule has 1 aromatic rings. The van der Waals surface area contributed by atoms with Crippen molar-refractivity contribution in [2.75, 3.05) is 7.11 Å². The summed E-state index contributed by atoms with van der Waals surface area (Å²) in [7, 11) is -0.317. The lowest BCUT2D eigenvalue weighted by atomic mass is 9.79. The molecule has 0 fully saturated rings. The van der Waals surface area contributed by atoms with Gasteiger partial charge in [-0.15, -0.1) is 0 Å². The third-order valence-corrected chi connectivity index (χ3v) is 1.80. The molecule has 0 aromatic carbocycles. The smallest absolute Gasteiger partial charge is 0.464 e. The number of carbonyl (C=O) groups is 1. The van der Waals surface area contributed by atoms with E-state index >= 15 is 0 Å². The molecule has 0 amide bonds. The number of aromatic nitrogens is 1. The molecule has 2 N–H and O–H groups in total. The first kappa shape index (κ1) is 10.7. The number of rotatable bonds is 2. The summed E-state index contributed by atoms with van der Waals surface area (Å²) >= 11 is 0. The van der Waals surface area contributed by atoms with E-state index in [0.29, 0.717) is 5.69 Å². The summed E-state index contributed by atoms with van der Waals surface area (Å²) < 4.78 is 4.47. The second-order valence-electron chi connectivity index (χ2n) is 2.74. The van der Waals surface area contributed by atoms with Gasteiger partial charge in [0.15, 0.2) is 0 Å². The van der Waals surface area contributed by atoms with Gasteiger partial charge in [0.25, 0.3) is 0 Å². The van der Waals surface area contributed by atoms with Crippen LogP contribution in [0.3, 0.4) is 0 Å². The fraction of sp³-hybridized carbons (Fsp3) is 0.250. The van der Waals surface area contributed by atoms with Gasteiger partial charge in [0.1, 0.15) is 5.69 Å². The minimum atomic E-state index is -1.57. The summed E-state index contributed by atoms with van der Waals surface area (Å²) in [6.07, 6.45) is 0. The van der Waals surface area contributed by atoms with Crippen molar-refractivity contribution in [1.29, 1.82) is 0 Å². The predicted octanol–water partition coefficient (Wildman–Crippen LogP) is -1.14. The van der Waals surface area contributed by atoms with Crippen LogP contribution in [-0.4, -0.2) is 35.2 Å². The van der Waals surface area contributed by atoms with Crippen molar-refractivity contribution >= 4 is 18.6 Å². The van der Waals surface area contributed by atoms with Crippen LogP contribution >= 0.6 is 0 Å². The summed E-state index contributed by atoms with van der Waals surface area (Å²) in [6, 6.07) is 2.81. The van der Waals surface area contributed by atoms with E-state index in [4.69, 9.17) is 10.0 Å². The standard InChI is InChI=1S/C8H10BNO4/c1-5-6(9(12)13)3-4-7(10-5)8(11)14-2/h3-4,12-13H,1-2H3. The van der Waals surface area contributed by atoms with Crippen LogP contribution in [0.15, 0.2) is 12.1 Å². The molecule has 0 aliphatic heterocycles. The second-order valence-corrected chi connectivity index (χ2v) is 2.74. The number of hydrogen-bond donors (Lipinski definition) is 2. The van der Waals surface area contributed by atoms with Gasteiger partial charge in [-0.3, -0.25) is 0 Å². The highest BCUT2D eigenvalue weighted by molar-refractivity contribution is 6.59. The van der Waals surface area contributed by atoms with Gasteiger partial charge in [0, 0.05) is 11.2 Å². The molecule has 1 rings (SSSR count). The fourth-order valence-electron chi connectivity index (χ4n) is 1.06. The first-order chi connectivity index (χ1) is 6.56. The molecule has 0 bridgehead atoms. The van der Waals surface area contributed by atoms with Crippen LogP contribution in [0.4, 0.5) is 0 Å². The first-order valence-electron chi connectivity index (χ1n) is 3.98. The number of nitrogens with zero attached hydrogens (tertiary/aromatic N) is 1. The van der Waals surface area contributed by atoms with Gasteiger partial charge in [0.05, 0.1) is 7.11 Å². The van der Waals surface area contributed by atoms with Crippen LogP contribution < -0.4 is 5.46 Å². The van der Waals surface area contributed by atoms with E-state index in [1.165, 1.54) is 19.2 Å². The molecular weight excluding hydrogens is 185 g/mol. The van der Waals surface area contributed by atoms with Gasteiger partial charge < -0.3 is 14.8 Å². The van der Waals surface area contributed by atoms with Gasteiger partial charge in [-0.05, 0) is 13.0 Å². The number of ether oxygens (including phenoxy) is 1.